The number of rotatable bonds is 5. The summed E-state index contributed by atoms with van der Waals surface area (Å²) in [7, 11) is 0. The van der Waals surface area contributed by atoms with Crippen LogP contribution in [0.15, 0.2) is 22.6 Å². The molecule has 0 radical (unpaired) electrons. The van der Waals surface area contributed by atoms with E-state index in [4.69, 9.17) is 9.15 Å². The van der Waals surface area contributed by atoms with Crippen LogP contribution in [-0.4, -0.2) is 25.7 Å². The minimum Gasteiger partial charge on any atom is -0.450 e. The molecule has 22 heavy (non-hydrogen) atoms. The molecule has 1 N–H and O–H groups in total. The fraction of sp³-hybridized carbons (Fsp3) is 0.500. The number of hydrogen-bond acceptors (Lipinski definition) is 3. The predicted molar refractivity (Wildman–Crippen MR) is 86.2 cm³/mol. The molecule has 1 aliphatic rings. The van der Waals surface area contributed by atoms with Crippen LogP contribution in [0.1, 0.15) is 40.9 Å². The second kappa shape index (κ2) is 6.53. The van der Waals surface area contributed by atoms with Gasteiger partial charge in [0, 0.05) is 30.7 Å². The van der Waals surface area contributed by atoms with E-state index in [1.54, 1.807) is 0 Å². The Balaban J connectivity index is 1.60. The number of carbonyl (C=O) groups is 1. The molecule has 118 valence electrons. The second-order valence-corrected chi connectivity index (χ2v) is 6.14. The molecule has 0 bridgehead atoms. The number of ether oxygens (including phenoxy) is 1. The van der Waals surface area contributed by atoms with Crippen LogP contribution in [0, 0.1) is 19.8 Å². The molecule has 1 atom stereocenters. The lowest BCUT2D eigenvalue weighted by atomic mass is 10.0. The molecule has 1 aromatic heterocycles. The average Bonchev–Trinajstić information content (AvgIpc) is 3.13. The van der Waals surface area contributed by atoms with Gasteiger partial charge in [-0.3, -0.25) is 4.79 Å². The molecular formula is C18H23NO3. The molecule has 1 amide bonds. The molecule has 0 unspecified atom stereocenters. The number of aryl methyl sites for hydroxylation is 2. The zero-order valence-corrected chi connectivity index (χ0v) is 13.3. The quantitative estimate of drug-likeness (QED) is 0.859. The number of hydrogen-bond donors (Lipinski definition) is 1. The van der Waals surface area contributed by atoms with Gasteiger partial charge in [0.25, 0.3) is 5.91 Å². The van der Waals surface area contributed by atoms with Crippen LogP contribution in [0.4, 0.5) is 0 Å². The van der Waals surface area contributed by atoms with E-state index in [1.807, 2.05) is 32.0 Å². The summed E-state index contributed by atoms with van der Waals surface area (Å²) < 4.78 is 11.2. The zero-order chi connectivity index (χ0) is 15.5. The second-order valence-electron chi connectivity index (χ2n) is 6.14. The van der Waals surface area contributed by atoms with Gasteiger partial charge in [-0.25, -0.2) is 0 Å². The summed E-state index contributed by atoms with van der Waals surface area (Å²) >= 11 is 0. The van der Waals surface area contributed by atoms with E-state index in [0.717, 1.165) is 54.6 Å². The van der Waals surface area contributed by atoms with Gasteiger partial charge in [-0.05, 0) is 44.6 Å². The standard InChI is InChI=1S/C18H23NO3/c1-12-5-3-7-15-13(2)17(22-16(12)15)18(20)19-9-4-6-14-8-10-21-11-14/h3,5,7,14H,4,6,8-11H2,1-2H3,(H,19,20)/t14-/m1/s1. The third-order valence-corrected chi connectivity index (χ3v) is 4.47. The van der Waals surface area contributed by atoms with E-state index in [1.165, 1.54) is 0 Å². The highest BCUT2D eigenvalue weighted by molar-refractivity contribution is 5.99. The molecular weight excluding hydrogens is 278 g/mol. The largest absolute Gasteiger partial charge is 0.450 e. The number of para-hydroxylation sites is 1. The van der Waals surface area contributed by atoms with Crippen molar-refractivity contribution < 1.29 is 13.9 Å². The van der Waals surface area contributed by atoms with Crippen molar-refractivity contribution in [1.82, 2.24) is 5.32 Å². The average molecular weight is 301 g/mol. The van der Waals surface area contributed by atoms with Crippen molar-refractivity contribution in [2.45, 2.75) is 33.1 Å². The van der Waals surface area contributed by atoms with Crippen LogP contribution in [0.25, 0.3) is 11.0 Å². The summed E-state index contributed by atoms with van der Waals surface area (Å²) in [6.07, 6.45) is 3.24. The Morgan fingerprint density at radius 3 is 2.95 bits per heavy atom. The summed E-state index contributed by atoms with van der Waals surface area (Å²) in [6, 6.07) is 5.99. The normalized spacial score (nSPS) is 18.0. The van der Waals surface area contributed by atoms with Crippen molar-refractivity contribution in [1.29, 1.82) is 0 Å². The number of furan rings is 1. The van der Waals surface area contributed by atoms with Gasteiger partial charge in [0.05, 0.1) is 0 Å². The first-order valence-corrected chi connectivity index (χ1v) is 8.01. The van der Waals surface area contributed by atoms with Crippen molar-refractivity contribution in [3.63, 3.8) is 0 Å². The monoisotopic (exact) mass is 301 g/mol. The Morgan fingerprint density at radius 2 is 2.23 bits per heavy atom. The number of nitrogens with one attached hydrogen (secondary N) is 1. The van der Waals surface area contributed by atoms with E-state index in [-0.39, 0.29) is 5.91 Å². The first-order valence-electron chi connectivity index (χ1n) is 8.01. The van der Waals surface area contributed by atoms with E-state index in [2.05, 4.69) is 5.32 Å². The maximum absolute atomic E-state index is 12.3. The maximum Gasteiger partial charge on any atom is 0.287 e. The van der Waals surface area contributed by atoms with Crippen LogP contribution >= 0.6 is 0 Å². The lowest BCUT2D eigenvalue weighted by Gasteiger charge is -2.07. The topological polar surface area (TPSA) is 51.5 Å². The Labute approximate surface area is 130 Å². The van der Waals surface area contributed by atoms with Crippen LogP contribution in [0.3, 0.4) is 0 Å². The summed E-state index contributed by atoms with van der Waals surface area (Å²) in [5.74, 6) is 0.983. The highest BCUT2D eigenvalue weighted by Gasteiger charge is 2.19. The molecule has 2 heterocycles. The van der Waals surface area contributed by atoms with Crippen LogP contribution in [0.2, 0.25) is 0 Å². The van der Waals surface area contributed by atoms with Crippen molar-refractivity contribution in [3.8, 4) is 0 Å². The SMILES string of the molecule is Cc1c(C(=O)NCCC[C@@H]2CCOC2)oc2c(C)cccc12. The van der Waals surface area contributed by atoms with Crippen molar-refractivity contribution in [2.24, 2.45) is 5.92 Å². The van der Waals surface area contributed by atoms with E-state index >= 15 is 0 Å². The van der Waals surface area contributed by atoms with Gasteiger partial charge in [-0.2, -0.15) is 0 Å². The molecule has 1 fully saturated rings. The third kappa shape index (κ3) is 3.02. The van der Waals surface area contributed by atoms with Crippen molar-refractivity contribution >= 4 is 16.9 Å². The molecule has 1 aromatic carbocycles. The zero-order valence-electron chi connectivity index (χ0n) is 13.3. The molecule has 0 aliphatic carbocycles. The van der Waals surface area contributed by atoms with E-state index in [0.29, 0.717) is 18.2 Å². The van der Waals surface area contributed by atoms with Gasteiger partial charge >= 0.3 is 0 Å². The fourth-order valence-corrected chi connectivity index (χ4v) is 3.08. The molecule has 0 spiro atoms. The summed E-state index contributed by atoms with van der Waals surface area (Å²) in [4.78, 5) is 12.3. The van der Waals surface area contributed by atoms with Crippen LogP contribution < -0.4 is 5.32 Å². The third-order valence-electron chi connectivity index (χ3n) is 4.47. The molecule has 1 saturated heterocycles. The highest BCUT2D eigenvalue weighted by atomic mass is 16.5. The van der Waals surface area contributed by atoms with Gasteiger partial charge in [0.1, 0.15) is 5.58 Å². The molecule has 2 aromatic rings. The van der Waals surface area contributed by atoms with E-state index in [9.17, 15) is 4.79 Å². The highest BCUT2D eigenvalue weighted by Crippen LogP contribution is 2.27. The van der Waals surface area contributed by atoms with Gasteiger partial charge < -0.3 is 14.5 Å². The van der Waals surface area contributed by atoms with Gasteiger partial charge in [0.15, 0.2) is 5.76 Å². The number of carbonyl (C=O) groups excluding carboxylic acids is 1. The summed E-state index contributed by atoms with van der Waals surface area (Å²) in [5, 5.41) is 3.99. The number of benzene rings is 1. The fourth-order valence-electron chi connectivity index (χ4n) is 3.08. The minimum absolute atomic E-state index is 0.115. The van der Waals surface area contributed by atoms with Crippen LogP contribution in [-0.2, 0) is 4.74 Å². The van der Waals surface area contributed by atoms with Gasteiger partial charge in [-0.15, -0.1) is 0 Å². The molecule has 4 nitrogen and oxygen atoms in total. The molecule has 3 rings (SSSR count). The van der Waals surface area contributed by atoms with Gasteiger partial charge in [0.2, 0.25) is 0 Å². The smallest absolute Gasteiger partial charge is 0.287 e. The first-order chi connectivity index (χ1) is 10.7. The maximum atomic E-state index is 12.3. The van der Waals surface area contributed by atoms with Gasteiger partial charge in [-0.1, -0.05) is 18.2 Å². The lowest BCUT2D eigenvalue weighted by molar-refractivity contribution is 0.0926. The van der Waals surface area contributed by atoms with Crippen molar-refractivity contribution in [2.75, 3.05) is 19.8 Å². The Hall–Kier alpha value is -1.81. The number of amides is 1. The Bertz CT molecular complexity index is 668. The molecule has 0 saturated carbocycles. The summed E-state index contributed by atoms with van der Waals surface area (Å²) in [5.41, 5.74) is 2.79. The number of fused-ring (bicyclic) bond motifs is 1. The Kier molecular flexibility index (Phi) is 4.48. The Morgan fingerprint density at radius 1 is 1.36 bits per heavy atom. The summed E-state index contributed by atoms with van der Waals surface area (Å²) in [6.45, 7) is 6.38. The van der Waals surface area contributed by atoms with E-state index < -0.39 is 0 Å². The van der Waals surface area contributed by atoms with Crippen LogP contribution in [0.5, 0.6) is 0 Å². The molecule has 1 aliphatic heterocycles. The first kappa shape index (κ1) is 15.1. The molecule has 4 heteroatoms. The lowest BCUT2D eigenvalue weighted by Crippen LogP contribution is -2.25. The predicted octanol–water partition coefficient (Wildman–Crippen LogP) is 3.60. The minimum atomic E-state index is -0.115. The van der Waals surface area contributed by atoms with Crippen molar-refractivity contribution in [3.05, 3.63) is 35.1 Å².